The minimum atomic E-state index is 0.523. The summed E-state index contributed by atoms with van der Waals surface area (Å²) in [5, 5.41) is 0. The van der Waals surface area contributed by atoms with Crippen LogP contribution < -0.4 is 10.6 Å². The Balaban J connectivity index is 1.49. The largest absolute Gasteiger partial charge is 0.384 e. The Morgan fingerprint density at radius 1 is 1.22 bits per heavy atom. The molecule has 118 valence electrons. The molecule has 1 atom stereocenters. The number of piperidine rings is 1. The molecular weight excluding hydrogens is 288 g/mol. The van der Waals surface area contributed by atoms with Crippen molar-refractivity contribution in [3.63, 3.8) is 0 Å². The standard InChI is InChI=1S/C17H20N6/c18-15-7-8-19-17(22-15)23-9-3-4-12(11-23)10-16-20-13-5-1-2-6-14(13)21-16/h1-2,5-8,12H,3-4,9-11H2,(H,20,21)(H2,18,19,22)/t12-/m0/s1. The number of rotatable bonds is 3. The number of para-hydroxylation sites is 2. The maximum atomic E-state index is 5.77. The first kappa shape index (κ1) is 14.0. The van der Waals surface area contributed by atoms with Gasteiger partial charge >= 0.3 is 0 Å². The van der Waals surface area contributed by atoms with Crippen molar-refractivity contribution in [3.05, 3.63) is 42.4 Å². The summed E-state index contributed by atoms with van der Waals surface area (Å²) in [4.78, 5) is 19.0. The second-order valence-electron chi connectivity index (χ2n) is 6.14. The smallest absolute Gasteiger partial charge is 0.227 e. The molecule has 3 aromatic rings. The van der Waals surface area contributed by atoms with Crippen LogP contribution in [0.1, 0.15) is 18.7 Å². The van der Waals surface area contributed by atoms with Gasteiger partial charge in [0.15, 0.2) is 0 Å². The van der Waals surface area contributed by atoms with Gasteiger partial charge in [-0.1, -0.05) is 12.1 Å². The Labute approximate surface area is 134 Å². The lowest BCUT2D eigenvalue weighted by atomic mass is 9.95. The van der Waals surface area contributed by atoms with Gasteiger partial charge < -0.3 is 15.6 Å². The molecule has 1 aromatic carbocycles. The first-order chi connectivity index (χ1) is 11.3. The van der Waals surface area contributed by atoms with Gasteiger partial charge in [0.25, 0.3) is 0 Å². The fraction of sp³-hybridized carbons (Fsp3) is 0.353. The van der Waals surface area contributed by atoms with E-state index in [1.54, 1.807) is 12.3 Å². The van der Waals surface area contributed by atoms with E-state index < -0.39 is 0 Å². The predicted octanol–water partition coefficient (Wildman–Crippen LogP) is 2.39. The quantitative estimate of drug-likeness (QED) is 0.776. The molecule has 0 amide bonds. The molecular formula is C17H20N6. The fourth-order valence-corrected chi connectivity index (χ4v) is 3.30. The molecule has 6 nitrogen and oxygen atoms in total. The summed E-state index contributed by atoms with van der Waals surface area (Å²) in [5.74, 6) is 2.87. The minimum Gasteiger partial charge on any atom is -0.384 e. The van der Waals surface area contributed by atoms with Gasteiger partial charge in [0.2, 0.25) is 5.95 Å². The number of hydrogen-bond acceptors (Lipinski definition) is 5. The first-order valence-electron chi connectivity index (χ1n) is 8.05. The van der Waals surface area contributed by atoms with Gasteiger partial charge in [0.1, 0.15) is 11.6 Å². The van der Waals surface area contributed by atoms with Gasteiger partial charge in [-0.2, -0.15) is 4.98 Å². The van der Waals surface area contributed by atoms with Crippen molar-refractivity contribution in [3.8, 4) is 0 Å². The Hall–Kier alpha value is -2.63. The van der Waals surface area contributed by atoms with Gasteiger partial charge in [-0.05, 0) is 37.0 Å². The van der Waals surface area contributed by atoms with E-state index in [-0.39, 0.29) is 0 Å². The summed E-state index contributed by atoms with van der Waals surface area (Å²) in [6.45, 7) is 1.93. The van der Waals surface area contributed by atoms with Crippen LogP contribution in [0.2, 0.25) is 0 Å². The number of hydrogen-bond donors (Lipinski definition) is 2. The van der Waals surface area contributed by atoms with E-state index in [9.17, 15) is 0 Å². The van der Waals surface area contributed by atoms with E-state index >= 15 is 0 Å². The number of aromatic amines is 1. The van der Waals surface area contributed by atoms with Crippen LogP contribution in [0, 0.1) is 5.92 Å². The van der Waals surface area contributed by atoms with Gasteiger partial charge in [0.05, 0.1) is 11.0 Å². The number of benzene rings is 1. The van der Waals surface area contributed by atoms with Gasteiger partial charge in [-0.15, -0.1) is 0 Å². The van der Waals surface area contributed by atoms with Crippen LogP contribution in [0.5, 0.6) is 0 Å². The zero-order valence-electron chi connectivity index (χ0n) is 12.9. The minimum absolute atomic E-state index is 0.523. The number of anilines is 2. The average molecular weight is 308 g/mol. The number of nitrogens with one attached hydrogen (secondary N) is 1. The highest BCUT2D eigenvalue weighted by Crippen LogP contribution is 2.23. The molecule has 0 spiro atoms. The van der Waals surface area contributed by atoms with Crippen molar-refractivity contribution in [2.24, 2.45) is 5.92 Å². The molecule has 3 N–H and O–H groups in total. The molecule has 1 aliphatic heterocycles. The molecule has 0 radical (unpaired) electrons. The fourth-order valence-electron chi connectivity index (χ4n) is 3.30. The van der Waals surface area contributed by atoms with Crippen LogP contribution in [0.25, 0.3) is 11.0 Å². The summed E-state index contributed by atoms with van der Waals surface area (Å²) in [6.07, 6.45) is 5.02. The highest BCUT2D eigenvalue weighted by Gasteiger charge is 2.23. The van der Waals surface area contributed by atoms with E-state index in [1.165, 1.54) is 6.42 Å². The molecule has 0 aliphatic carbocycles. The number of fused-ring (bicyclic) bond motifs is 1. The van der Waals surface area contributed by atoms with Gasteiger partial charge in [-0.3, -0.25) is 0 Å². The second-order valence-corrected chi connectivity index (χ2v) is 6.14. The summed E-state index contributed by atoms with van der Waals surface area (Å²) in [6, 6.07) is 9.89. The topological polar surface area (TPSA) is 83.7 Å². The highest BCUT2D eigenvalue weighted by molar-refractivity contribution is 5.74. The number of aromatic nitrogens is 4. The van der Waals surface area contributed by atoms with E-state index in [1.807, 2.05) is 18.2 Å². The van der Waals surface area contributed by atoms with Crippen LogP contribution in [0.3, 0.4) is 0 Å². The lowest BCUT2D eigenvalue weighted by Crippen LogP contribution is -2.37. The van der Waals surface area contributed by atoms with Crippen LogP contribution in [0.4, 0.5) is 11.8 Å². The maximum Gasteiger partial charge on any atom is 0.227 e. The normalized spacial score (nSPS) is 18.4. The summed E-state index contributed by atoms with van der Waals surface area (Å²) in [5.41, 5.74) is 7.92. The summed E-state index contributed by atoms with van der Waals surface area (Å²) < 4.78 is 0. The zero-order valence-corrected chi connectivity index (χ0v) is 12.9. The van der Waals surface area contributed by atoms with Crippen molar-refractivity contribution < 1.29 is 0 Å². The van der Waals surface area contributed by atoms with Crippen molar-refractivity contribution in [1.29, 1.82) is 0 Å². The third-order valence-electron chi connectivity index (χ3n) is 4.39. The number of H-pyrrole nitrogens is 1. The molecule has 23 heavy (non-hydrogen) atoms. The first-order valence-corrected chi connectivity index (χ1v) is 8.05. The molecule has 2 aromatic heterocycles. The highest BCUT2D eigenvalue weighted by atomic mass is 15.3. The molecule has 3 heterocycles. The van der Waals surface area contributed by atoms with Crippen molar-refractivity contribution in [1.82, 2.24) is 19.9 Å². The SMILES string of the molecule is Nc1ccnc(N2CCC[C@@H](Cc3nc4ccccc4[nH]3)C2)n1. The third-order valence-corrected chi connectivity index (χ3v) is 4.39. The second kappa shape index (κ2) is 5.87. The number of nitrogens with zero attached hydrogens (tertiary/aromatic N) is 4. The van der Waals surface area contributed by atoms with Crippen LogP contribution >= 0.6 is 0 Å². The Morgan fingerprint density at radius 3 is 3.00 bits per heavy atom. The molecule has 6 heteroatoms. The monoisotopic (exact) mass is 308 g/mol. The van der Waals surface area contributed by atoms with E-state index in [0.717, 1.165) is 48.7 Å². The summed E-state index contributed by atoms with van der Waals surface area (Å²) >= 11 is 0. The zero-order chi connectivity index (χ0) is 15.6. The molecule has 0 bridgehead atoms. The van der Waals surface area contributed by atoms with Crippen molar-refractivity contribution in [2.45, 2.75) is 19.3 Å². The maximum absolute atomic E-state index is 5.77. The van der Waals surface area contributed by atoms with Crippen LogP contribution in [-0.4, -0.2) is 33.0 Å². The molecule has 0 saturated carbocycles. The number of imidazole rings is 1. The number of nitrogen functional groups attached to an aromatic ring is 1. The lowest BCUT2D eigenvalue weighted by Gasteiger charge is -2.32. The molecule has 1 aliphatic rings. The van der Waals surface area contributed by atoms with Crippen LogP contribution in [-0.2, 0) is 6.42 Å². The molecule has 4 rings (SSSR count). The molecule has 1 saturated heterocycles. The third kappa shape index (κ3) is 2.97. The molecule has 1 fully saturated rings. The Bertz CT molecular complexity index is 778. The number of nitrogens with two attached hydrogens (primary N) is 1. The van der Waals surface area contributed by atoms with Crippen LogP contribution in [0.15, 0.2) is 36.5 Å². The van der Waals surface area contributed by atoms with Gasteiger partial charge in [-0.25, -0.2) is 9.97 Å². The summed E-state index contributed by atoms with van der Waals surface area (Å²) in [7, 11) is 0. The van der Waals surface area contributed by atoms with Gasteiger partial charge in [0, 0.05) is 25.7 Å². The average Bonchev–Trinajstić information content (AvgIpc) is 2.97. The Kier molecular flexibility index (Phi) is 3.57. The lowest BCUT2D eigenvalue weighted by molar-refractivity contribution is 0.404. The van der Waals surface area contributed by atoms with Crippen molar-refractivity contribution in [2.75, 3.05) is 23.7 Å². The van der Waals surface area contributed by atoms with Crippen molar-refractivity contribution >= 4 is 22.8 Å². The van der Waals surface area contributed by atoms with E-state index in [2.05, 4.69) is 25.9 Å². The van der Waals surface area contributed by atoms with E-state index in [4.69, 9.17) is 10.7 Å². The predicted molar refractivity (Wildman–Crippen MR) is 91.2 cm³/mol. The Morgan fingerprint density at radius 2 is 2.13 bits per heavy atom. The van der Waals surface area contributed by atoms with E-state index in [0.29, 0.717) is 11.7 Å². The molecule has 0 unspecified atom stereocenters.